The number of rotatable bonds is 6. The quantitative estimate of drug-likeness (QED) is 0.433. The van der Waals surface area contributed by atoms with Gasteiger partial charge in [-0.15, -0.1) is 0 Å². The highest BCUT2D eigenvalue weighted by atomic mass is 16.2. The highest BCUT2D eigenvalue weighted by Gasteiger charge is 2.22. The van der Waals surface area contributed by atoms with Crippen molar-refractivity contribution < 1.29 is 0 Å². The van der Waals surface area contributed by atoms with Crippen LogP contribution in [0.15, 0.2) is 76.3 Å². The van der Waals surface area contributed by atoms with Gasteiger partial charge >= 0.3 is 5.69 Å². The Bertz CT molecular complexity index is 1460. The van der Waals surface area contributed by atoms with E-state index < -0.39 is 0 Å². The molecule has 1 fully saturated rings. The molecule has 8 nitrogen and oxygen atoms in total. The van der Waals surface area contributed by atoms with Crippen molar-refractivity contribution in [1.29, 1.82) is 0 Å². The summed E-state index contributed by atoms with van der Waals surface area (Å²) < 4.78 is 4.58. The van der Waals surface area contributed by atoms with Gasteiger partial charge in [0.15, 0.2) is 11.2 Å². The molecule has 0 amide bonds. The van der Waals surface area contributed by atoms with Gasteiger partial charge in [0.25, 0.3) is 5.56 Å². The molecule has 1 aliphatic heterocycles. The minimum atomic E-state index is -0.366. The van der Waals surface area contributed by atoms with Gasteiger partial charge in [0.1, 0.15) is 5.82 Å². The highest BCUT2D eigenvalue weighted by Crippen LogP contribution is 2.18. The summed E-state index contributed by atoms with van der Waals surface area (Å²) >= 11 is 0. The van der Waals surface area contributed by atoms with Crippen molar-refractivity contribution in [3.05, 3.63) is 99.0 Å². The molecule has 0 saturated carbocycles. The van der Waals surface area contributed by atoms with Crippen molar-refractivity contribution in [2.75, 3.05) is 31.1 Å². The van der Waals surface area contributed by atoms with Crippen LogP contribution in [0.4, 0.5) is 5.69 Å². The lowest BCUT2D eigenvalue weighted by Gasteiger charge is -2.35. The molecule has 0 aliphatic carbocycles. The molecule has 2 aromatic heterocycles. The molecular formula is C27H30N6O2. The molecule has 5 rings (SSSR count). The minimum absolute atomic E-state index is 0.316. The Kier molecular flexibility index (Phi) is 6.37. The van der Waals surface area contributed by atoms with E-state index >= 15 is 0 Å². The number of fused-ring (bicyclic) bond motifs is 1. The number of imidazole rings is 1. The molecule has 1 aliphatic rings. The number of piperazine rings is 1. The predicted molar refractivity (Wildman–Crippen MR) is 140 cm³/mol. The normalized spacial score (nSPS) is 14.9. The lowest BCUT2D eigenvalue weighted by Crippen LogP contribution is -2.46. The minimum Gasteiger partial charge on any atom is -0.369 e. The van der Waals surface area contributed by atoms with Crippen LogP contribution in [0.2, 0.25) is 0 Å². The summed E-state index contributed by atoms with van der Waals surface area (Å²) in [6.07, 6.45) is 4.08. The second-order valence-electron chi connectivity index (χ2n) is 8.93. The van der Waals surface area contributed by atoms with Crippen LogP contribution in [0.25, 0.3) is 17.2 Å². The third-order valence-corrected chi connectivity index (χ3v) is 6.68. The molecule has 3 heterocycles. The Hall–Kier alpha value is -3.91. The van der Waals surface area contributed by atoms with Crippen LogP contribution in [0.3, 0.4) is 0 Å². The van der Waals surface area contributed by atoms with Crippen LogP contribution >= 0.6 is 0 Å². The smallest absolute Gasteiger partial charge is 0.332 e. The lowest BCUT2D eigenvalue weighted by molar-refractivity contribution is 0.241. The highest BCUT2D eigenvalue weighted by molar-refractivity contribution is 5.71. The average Bonchev–Trinajstić information content (AvgIpc) is 3.26. The molecule has 1 saturated heterocycles. The topological polar surface area (TPSA) is 68.3 Å². The average molecular weight is 471 g/mol. The van der Waals surface area contributed by atoms with E-state index in [2.05, 4.69) is 34.1 Å². The van der Waals surface area contributed by atoms with Crippen molar-refractivity contribution in [2.24, 2.45) is 14.1 Å². The molecule has 0 N–H and O–H groups in total. The summed E-state index contributed by atoms with van der Waals surface area (Å²) in [4.78, 5) is 35.2. The maximum absolute atomic E-state index is 13.1. The number of aromatic nitrogens is 4. The van der Waals surface area contributed by atoms with Gasteiger partial charge < -0.3 is 9.47 Å². The number of benzene rings is 2. The number of para-hydroxylation sites is 1. The second-order valence-corrected chi connectivity index (χ2v) is 8.93. The van der Waals surface area contributed by atoms with Crippen molar-refractivity contribution in [3.8, 4) is 0 Å². The summed E-state index contributed by atoms with van der Waals surface area (Å²) in [5.74, 6) is 0.796. The van der Waals surface area contributed by atoms with E-state index in [1.807, 2.05) is 53.1 Å². The van der Waals surface area contributed by atoms with Gasteiger partial charge in [-0.3, -0.25) is 18.8 Å². The molecule has 0 spiro atoms. The number of anilines is 1. The first-order chi connectivity index (χ1) is 17.0. The van der Waals surface area contributed by atoms with Crippen LogP contribution in [0.1, 0.15) is 11.4 Å². The Morgan fingerprint density at radius 1 is 0.857 bits per heavy atom. The zero-order valence-corrected chi connectivity index (χ0v) is 20.2. The van der Waals surface area contributed by atoms with Gasteiger partial charge in [-0.2, -0.15) is 0 Å². The second kappa shape index (κ2) is 9.76. The van der Waals surface area contributed by atoms with E-state index in [1.165, 1.54) is 17.3 Å². The van der Waals surface area contributed by atoms with E-state index in [-0.39, 0.29) is 11.2 Å². The lowest BCUT2D eigenvalue weighted by atomic mass is 10.2. The number of aryl methyl sites for hydroxylation is 1. The van der Waals surface area contributed by atoms with Crippen molar-refractivity contribution in [3.63, 3.8) is 0 Å². The molecule has 4 aromatic rings. The zero-order valence-electron chi connectivity index (χ0n) is 20.2. The van der Waals surface area contributed by atoms with Gasteiger partial charge in [0.05, 0.1) is 6.54 Å². The number of allylic oxidation sites excluding steroid dienone is 1. The van der Waals surface area contributed by atoms with Crippen molar-refractivity contribution in [2.45, 2.75) is 13.1 Å². The summed E-state index contributed by atoms with van der Waals surface area (Å²) in [5.41, 5.74) is 2.55. The molecule has 0 unspecified atom stereocenters. The zero-order chi connectivity index (χ0) is 24.4. The van der Waals surface area contributed by atoms with Gasteiger partial charge in [0.2, 0.25) is 0 Å². The van der Waals surface area contributed by atoms with E-state index in [0.29, 0.717) is 24.3 Å². The summed E-state index contributed by atoms with van der Waals surface area (Å²) in [7, 11) is 3.19. The van der Waals surface area contributed by atoms with E-state index in [9.17, 15) is 9.59 Å². The van der Waals surface area contributed by atoms with Gasteiger partial charge in [-0.25, -0.2) is 9.78 Å². The summed E-state index contributed by atoms with van der Waals surface area (Å²) in [6, 6.07) is 20.5. The number of nitrogens with zero attached hydrogens (tertiary/aromatic N) is 6. The van der Waals surface area contributed by atoms with E-state index in [0.717, 1.165) is 42.1 Å². The first-order valence-corrected chi connectivity index (χ1v) is 11.9. The fourth-order valence-electron chi connectivity index (χ4n) is 4.67. The molecule has 0 bridgehead atoms. The largest absolute Gasteiger partial charge is 0.369 e. The Morgan fingerprint density at radius 2 is 1.51 bits per heavy atom. The molecule has 8 heteroatoms. The monoisotopic (exact) mass is 470 g/mol. The predicted octanol–water partition coefficient (Wildman–Crippen LogP) is 2.47. The fourth-order valence-corrected chi connectivity index (χ4v) is 4.67. The van der Waals surface area contributed by atoms with Crippen LogP contribution < -0.4 is 16.1 Å². The molecular weight excluding hydrogens is 440 g/mol. The number of hydrogen-bond donors (Lipinski definition) is 0. The molecule has 0 atom stereocenters. The number of hydrogen-bond acceptors (Lipinski definition) is 5. The standard InChI is InChI=1S/C27H30N6O2/c1-29-25-24(26(34)30(2)27(29)35)33(15-9-12-21-10-5-3-6-11-21)23(28-25)20-31-16-18-32(19-17-31)22-13-7-4-8-14-22/h3-14H,15-20H2,1-2H3. The fraction of sp³-hybridized carbons (Fsp3) is 0.296. The maximum Gasteiger partial charge on any atom is 0.332 e. The molecule has 0 radical (unpaired) electrons. The summed E-state index contributed by atoms with van der Waals surface area (Å²) in [6.45, 7) is 4.77. The Balaban J connectivity index is 1.44. The molecule has 180 valence electrons. The van der Waals surface area contributed by atoms with Crippen LogP contribution in [0.5, 0.6) is 0 Å². The SMILES string of the molecule is Cn1c(=O)c2c(nc(CN3CCN(c4ccccc4)CC3)n2CC=Cc2ccccc2)n(C)c1=O. The van der Waals surface area contributed by atoms with Gasteiger partial charge in [-0.05, 0) is 17.7 Å². The first kappa shape index (κ1) is 22.9. The van der Waals surface area contributed by atoms with Crippen molar-refractivity contribution >= 4 is 22.9 Å². The Morgan fingerprint density at radius 3 is 2.20 bits per heavy atom. The van der Waals surface area contributed by atoms with E-state index in [4.69, 9.17) is 4.98 Å². The maximum atomic E-state index is 13.1. The van der Waals surface area contributed by atoms with Crippen LogP contribution in [-0.2, 0) is 27.2 Å². The third-order valence-electron chi connectivity index (χ3n) is 6.68. The van der Waals surface area contributed by atoms with Gasteiger partial charge in [0, 0.05) is 52.5 Å². The van der Waals surface area contributed by atoms with E-state index in [1.54, 1.807) is 7.05 Å². The van der Waals surface area contributed by atoms with Gasteiger partial charge in [-0.1, -0.05) is 60.7 Å². The third kappa shape index (κ3) is 4.57. The van der Waals surface area contributed by atoms with Crippen LogP contribution in [-0.4, -0.2) is 49.8 Å². The van der Waals surface area contributed by atoms with Crippen LogP contribution in [0, 0.1) is 0 Å². The van der Waals surface area contributed by atoms with Crippen molar-refractivity contribution in [1.82, 2.24) is 23.6 Å². The first-order valence-electron chi connectivity index (χ1n) is 11.9. The molecule has 35 heavy (non-hydrogen) atoms. The Labute approximate surface area is 204 Å². The summed E-state index contributed by atoms with van der Waals surface area (Å²) in [5, 5.41) is 0. The molecule has 2 aromatic carbocycles.